The Bertz CT molecular complexity index is 511. The standard InChI is InChI=1S/C14H15BN2O2/c15-9-1-5-11(6-2-9)17-12(7-8-13(17)18)14(19)16-10-3-4-10/h1-2,5-6,10,12H,3-4,7-8H2,(H,16,19). The first kappa shape index (κ1) is 12.3. The van der Waals surface area contributed by atoms with Crippen LogP contribution in [-0.4, -0.2) is 31.7 Å². The second-order valence-electron chi connectivity index (χ2n) is 5.19. The largest absolute Gasteiger partial charge is 0.352 e. The Kier molecular flexibility index (Phi) is 3.05. The average molecular weight is 254 g/mol. The van der Waals surface area contributed by atoms with Gasteiger partial charge >= 0.3 is 0 Å². The van der Waals surface area contributed by atoms with Crippen LogP contribution in [0.4, 0.5) is 5.69 Å². The molecule has 1 aromatic carbocycles. The van der Waals surface area contributed by atoms with Crippen molar-refractivity contribution in [1.29, 1.82) is 0 Å². The number of hydrogen-bond donors (Lipinski definition) is 1. The van der Waals surface area contributed by atoms with E-state index in [0.29, 0.717) is 24.3 Å². The number of hydrogen-bond acceptors (Lipinski definition) is 2. The summed E-state index contributed by atoms with van der Waals surface area (Å²) in [4.78, 5) is 25.7. The highest BCUT2D eigenvalue weighted by Gasteiger charge is 2.38. The molecule has 1 aliphatic heterocycles. The Morgan fingerprint density at radius 3 is 2.53 bits per heavy atom. The minimum Gasteiger partial charge on any atom is -0.352 e. The fourth-order valence-electron chi connectivity index (χ4n) is 2.42. The first-order chi connectivity index (χ1) is 9.15. The number of benzene rings is 1. The second-order valence-corrected chi connectivity index (χ2v) is 5.19. The van der Waals surface area contributed by atoms with Gasteiger partial charge in [-0.1, -0.05) is 17.6 Å². The molecular weight excluding hydrogens is 239 g/mol. The minimum absolute atomic E-state index is 0.000665. The van der Waals surface area contributed by atoms with Gasteiger partial charge < -0.3 is 5.32 Å². The number of amides is 2. The van der Waals surface area contributed by atoms with Crippen LogP contribution >= 0.6 is 0 Å². The van der Waals surface area contributed by atoms with Crippen molar-refractivity contribution in [3.63, 3.8) is 0 Å². The summed E-state index contributed by atoms with van der Waals surface area (Å²) in [5, 5.41) is 2.97. The topological polar surface area (TPSA) is 49.4 Å². The molecular formula is C14H15BN2O2. The summed E-state index contributed by atoms with van der Waals surface area (Å²) in [6.07, 6.45) is 3.11. The van der Waals surface area contributed by atoms with Gasteiger partial charge in [-0.05, 0) is 31.4 Å². The highest BCUT2D eigenvalue weighted by Crippen LogP contribution is 2.27. The predicted molar refractivity (Wildman–Crippen MR) is 73.5 cm³/mol. The zero-order valence-electron chi connectivity index (χ0n) is 10.6. The maximum absolute atomic E-state index is 12.2. The van der Waals surface area contributed by atoms with Crippen LogP contribution in [0.5, 0.6) is 0 Å². The minimum atomic E-state index is -0.378. The summed E-state index contributed by atoms with van der Waals surface area (Å²) in [5.74, 6) is -0.0362. The molecule has 96 valence electrons. The normalized spacial score (nSPS) is 22.6. The molecule has 1 saturated carbocycles. The number of nitrogens with zero attached hydrogens (tertiary/aromatic N) is 1. The average Bonchev–Trinajstić information content (AvgIpc) is 3.11. The van der Waals surface area contributed by atoms with Crippen molar-refractivity contribution >= 4 is 30.8 Å². The molecule has 5 heteroatoms. The highest BCUT2D eigenvalue weighted by molar-refractivity contribution is 6.32. The van der Waals surface area contributed by atoms with Gasteiger partial charge in [-0.15, -0.1) is 0 Å². The fourth-order valence-corrected chi connectivity index (χ4v) is 2.42. The van der Waals surface area contributed by atoms with Crippen molar-refractivity contribution < 1.29 is 9.59 Å². The SMILES string of the molecule is [B]c1ccc(N2C(=O)CCC2C(=O)NC2CC2)cc1. The molecule has 3 rings (SSSR count). The number of anilines is 1. The van der Waals surface area contributed by atoms with Gasteiger partial charge in [0.05, 0.1) is 0 Å². The Hall–Kier alpha value is -1.78. The van der Waals surface area contributed by atoms with Gasteiger partial charge in [-0.2, -0.15) is 0 Å². The highest BCUT2D eigenvalue weighted by atomic mass is 16.2. The molecule has 1 aromatic rings. The van der Waals surface area contributed by atoms with E-state index in [-0.39, 0.29) is 17.9 Å². The predicted octanol–water partition coefficient (Wildman–Crippen LogP) is 0.254. The van der Waals surface area contributed by atoms with E-state index in [0.717, 1.165) is 18.5 Å². The van der Waals surface area contributed by atoms with Crippen molar-refractivity contribution in [1.82, 2.24) is 5.32 Å². The van der Waals surface area contributed by atoms with E-state index >= 15 is 0 Å². The summed E-state index contributed by atoms with van der Waals surface area (Å²) >= 11 is 0. The van der Waals surface area contributed by atoms with Crippen LogP contribution in [0.25, 0.3) is 0 Å². The third-order valence-corrected chi connectivity index (χ3v) is 3.61. The third-order valence-electron chi connectivity index (χ3n) is 3.61. The molecule has 0 bridgehead atoms. The molecule has 2 radical (unpaired) electrons. The Morgan fingerprint density at radius 1 is 1.21 bits per heavy atom. The van der Waals surface area contributed by atoms with Gasteiger partial charge in [-0.3, -0.25) is 14.5 Å². The van der Waals surface area contributed by atoms with E-state index in [1.54, 1.807) is 29.2 Å². The van der Waals surface area contributed by atoms with Crippen LogP contribution in [0.2, 0.25) is 0 Å². The summed E-state index contributed by atoms with van der Waals surface area (Å²) < 4.78 is 0. The van der Waals surface area contributed by atoms with E-state index in [2.05, 4.69) is 5.32 Å². The van der Waals surface area contributed by atoms with E-state index in [4.69, 9.17) is 7.85 Å². The van der Waals surface area contributed by atoms with E-state index < -0.39 is 0 Å². The van der Waals surface area contributed by atoms with Crippen LogP contribution in [0.1, 0.15) is 25.7 Å². The van der Waals surface area contributed by atoms with Gasteiger partial charge in [0.2, 0.25) is 11.8 Å². The monoisotopic (exact) mass is 254 g/mol. The summed E-state index contributed by atoms with van der Waals surface area (Å²) in [6, 6.07) is 7.01. The van der Waals surface area contributed by atoms with E-state index in [1.807, 2.05) is 0 Å². The zero-order valence-corrected chi connectivity index (χ0v) is 10.6. The zero-order chi connectivity index (χ0) is 13.4. The van der Waals surface area contributed by atoms with Crippen LogP contribution in [0.15, 0.2) is 24.3 Å². The fraction of sp³-hybridized carbons (Fsp3) is 0.429. The molecule has 4 nitrogen and oxygen atoms in total. The first-order valence-electron chi connectivity index (χ1n) is 6.63. The van der Waals surface area contributed by atoms with Crippen LogP contribution < -0.4 is 15.7 Å². The van der Waals surface area contributed by atoms with Gasteiger partial charge in [0.1, 0.15) is 13.9 Å². The maximum Gasteiger partial charge on any atom is 0.243 e. The van der Waals surface area contributed by atoms with Gasteiger partial charge in [-0.25, -0.2) is 0 Å². The molecule has 2 aliphatic rings. The van der Waals surface area contributed by atoms with Crippen molar-refractivity contribution in [2.24, 2.45) is 0 Å². The number of carbonyl (C=O) groups excluding carboxylic acids is 2. The van der Waals surface area contributed by atoms with Gasteiger partial charge in [0.25, 0.3) is 0 Å². The maximum atomic E-state index is 12.2. The quantitative estimate of drug-likeness (QED) is 0.786. The molecule has 0 aromatic heterocycles. The van der Waals surface area contributed by atoms with E-state index in [1.165, 1.54) is 0 Å². The molecule has 1 atom stereocenters. The van der Waals surface area contributed by atoms with E-state index in [9.17, 15) is 9.59 Å². The molecule has 1 saturated heterocycles. The summed E-state index contributed by atoms with van der Waals surface area (Å²) in [5.41, 5.74) is 1.39. The lowest BCUT2D eigenvalue weighted by Crippen LogP contribution is -2.45. The Labute approximate surface area is 113 Å². The molecule has 2 amide bonds. The van der Waals surface area contributed by atoms with Crippen LogP contribution in [-0.2, 0) is 9.59 Å². The molecule has 1 unspecified atom stereocenters. The smallest absolute Gasteiger partial charge is 0.243 e. The molecule has 2 fully saturated rings. The van der Waals surface area contributed by atoms with Crippen molar-refractivity contribution in [2.75, 3.05) is 4.90 Å². The number of carbonyl (C=O) groups is 2. The van der Waals surface area contributed by atoms with Crippen LogP contribution in [0.3, 0.4) is 0 Å². The molecule has 1 N–H and O–H groups in total. The number of nitrogens with one attached hydrogen (secondary N) is 1. The lowest BCUT2D eigenvalue weighted by Gasteiger charge is -2.24. The molecule has 1 heterocycles. The van der Waals surface area contributed by atoms with Gasteiger partial charge in [0, 0.05) is 18.2 Å². The second kappa shape index (κ2) is 4.72. The molecule has 0 spiro atoms. The lowest BCUT2D eigenvalue weighted by molar-refractivity contribution is -0.124. The van der Waals surface area contributed by atoms with Crippen molar-refractivity contribution in [3.8, 4) is 0 Å². The summed E-state index contributed by atoms with van der Waals surface area (Å²) in [7, 11) is 5.65. The first-order valence-corrected chi connectivity index (χ1v) is 6.63. The Morgan fingerprint density at radius 2 is 1.89 bits per heavy atom. The number of rotatable bonds is 3. The lowest BCUT2D eigenvalue weighted by atomic mass is 9.96. The molecule has 1 aliphatic carbocycles. The van der Waals surface area contributed by atoms with Crippen molar-refractivity contribution in [3.05, 3.63) is 24.3 Å². The van der Waals surface area contributed by atoms with Crippen LogP contribution in [0, 0.1) is 0 Å². The Balaban J connectivity index is 1.81. The summed E-state index contributed by atoms with van der Waals surface area (Å²) in [6.45, 7) is 0. The van der Waals surface area contributed by atoms with Gasteiger partial charge in [0.15, 0.2) is 0 Å². The van der Waals surface area contributed by atoms with Crippen molar-refractivity contribution in [2.45, 2.75) is 37.8 Å². The third kappa shape index (κ3) is 2.50. The molecule has 19 heavy (non-hydrogen) atoms.